The Labute approximate surface area is 121 Å². The molecule has 3 N–H and O–H groups in total. The number of hydrogen-bond donors (Lipinski definition) is 3. The largest absolute Gasteiger partial charge is 0.478 e. The number of aromatic amines is 2. The molecule has 22 heavy (non-hydrogen) atoms. The summed E-state index contributed by atoms with van der Waals surface area (Å²) in [5.41, 5.74) is 2.07. The number of nitrogens with one attached hydrogen (secondary N) is 2. The Bertz CT molecular complexity index is 1040. The van der Waals surface area contributed by atoms with E-state index >= 15 is 0 Å². The van der Waals surface area contributed by atoms with Crippen molar-refractivity contribution in [3.8, 4) is 11.4 Å². The molecule has 0 amide bonds. The summed E-state index contributed by atoms with van der Waals surface area (Å²) in [5.74, 6) is -1.49. The highest BCUT2D eigenvalue weighted by molar-refractivity contribution is 6.01. The Morgan fingerprint density at radius 3 is 3.00 bits per heavy atom. The van der Waals surface area contributed by atoms with Crippen molar-refractivity contribution in [3.63, 3.8) is 0 Å². The van der Waals surface area contributed by atoms with Crippen LogP contribution in [0.15, 0.2) is 30.6 Å². The molecule has 1 aromatic carbocycles. The molecule has 0 aliphatic heterocycles. The molecule has 0 aliphatic rings. The van der Waals surface area contributed by atoms with E-state index in [4.69, 9.17) is 5.11 Å². The van der Waals surface area contributed by atoms with Gasteiger partial charge in [-0.15, -0.1) is 0 Å². The maximum atomic E-state index is 13.4. The van der Waals surface area contributed by atoms with Gasteiger partial charge in [-0.05, 0) is 18.2 Å². The number of halogens is 1. The van der Waals surface area contributed by atoms with Crippen molar-refractivity contribution in [1.82, 2.24) is 25.1 Å². The molecule has 108 valence electrons. The van der Waals surface area contributed by atoms with E-state index in [2.05, 4.69) is 25.1 Å². The first-order valence-electron chi connectivity index (χ1n) is 6.35. The van der Waals surface area contributed by atoms with Gasteiger partial charge in [0.2, 0.25) is 0 Å². The number of hydrogen-bond acceptors (Lipinski definition) is 4. The summed E-state index contributed by atoms with van der Waals surface area (Å²) in [4.78, 5) is 22.4. The number of aromatic nitrogens is 5. The Morgan fingerprint density at radius 1 is 1.32 bits per heavy atom. The summed E-state index contributed by atoms with van der Waals surface area (Å²) in [7, 11) is 0. The van der Waals surface area contributed by atoms with E-state index < -0.39 is 11.8 Å². The molecule has 7 nitrogen and oxygen atoms in total. The van der Waals surface area contributed by atoms with Gasteiger partial charge in [0.05, 0.1) is 11.7 Å². The van der Waals surface area contributed by atoms with E-state index in [-0.39, 0.29) is 11.1 Å². The average molecular weight is 297 g/mol. The minimum absolute atomic E-state index is 0.0235. The molecule has 4 aromatic rings. The first-order valence-corrected chi connectivity index (χ1v) is 6.35. The van der Waals surface area contributed by atoms with Crippen molar-refractivity contribution in [1.29, 1.82) is 0 Å². The van der Waals surface area contributed by atoms with E-state index in [0.29, 0.717) is 27.9 Å². The fourth-order valence-corrected chi connectivity index (χ4v) is 2.35. The van der Waals surface area contributed by atoms with Crippen LogP contribution < -0.4 is 0 Å². The van der Waals surface area contributed by atoms with Crippen LogP contribution in [0.2, 0.25) is 0 Å². The Hall–Kier alpha value is -3.29. The molecule has 0 saturated heterocycles. The SMILES string of the molecule is O=C(O)c1c[nH]c2ncc(-c3n[nH]c4ccc(F)cc34)nc12. The van der Waals surface area contributed by atoms with Crippen LogP contribution in [-0.4, -0.2) is 36.2 Å². The average Bonchev–Trinajstić information content (AvgIpc) is 3.09. The number of aromatic carboxylic acids is 1. The van der Waals surface area contributed by atoms with Crippen LogP contribution >= 0.6 is 0 Å². The summed E-state index contributed by atoms with van der Waals surface area (Å²) >= 11 is 0. The van der Waals surface area contributed by atoms with Crippen molar-refractivity contribution in [2.24, 2.45) is 0 Å². The molecule has 0 radical (unpaired) electrons. The normalized spacial score (nSPS) is 11.3. The van der Waals surface area contributed by atoms with Crippen LogP contribution in [-0.2, 0) is 0 Å². The van der Waals surface area contributed by atoms with Crippen LogP contribution in [0.5, 0.6) is 0 Å². The molecule has 4 rings (SSSR count). The van der Waals surface area contributed by atoms with Crippen molar-refractivity contribution >= 4 is 28.0 Å². The third-order valence-corrected chi connectivity index (χ3v) is 3.38. The van der Waals surface area contributed by atoms with Crippen LogP contribution in [0.25, 0.3) is 33.5 Å². The lowest BCUT2D eigenvalue weighted by Gasteiger charge is -1.98. The number of rotatable bonds is 2. The fraction of sp³-hybridized carbons (Fsp3) is 0. The van der Waals surface area contributed by atoms with Gasteiger partial charge in [-0.2, -0.15) is 5.10 Å². The molecule has 0 bridgehead atoms. The number of fused-ring (bicyclic) bond motifs is 2. The summed E-state index contributed by atoms with van der Waals surface area (Å²) in [6.07, 6.45) is 2.80. The molecule has 0 unspecified atom stereocenters. The van der Waals surface area contributed by atoms with Crippen LogP contribution in [0.4, 0.5) is 4.39 Å². The van der Waals surface area contributed by atoms with Crippen molar-refractivity contribution in [2.45, 2.75) is 0 Å². The van der Waals surface area contributed by atoms with Gasteiger partial charge in [-0.1, -0.05) is 0 Å². The predicted octanol–water partition coefficient (Wildman–Crippen LogP) is 2.34. The summed E-state index contributed by atoms with van der Waals surface area (Å²) in [5, 5.41) is 16.6. The maximum Gasteiger partial charge on any atom is 0.339 e. The van der Waals surface area contributed by atoms with Crippen molar-refractivity contribution in [3.05, 3.63) is 42.0 Å². The van der Waals surface area contributed by atoms with Gasteiger partial charge in [-0.25, -0.2) is 19.2 Å². The molecule has 3 aromatic heterocycles. The molecule has 3 heterocycles. The third kappa shape index (κ3) is 1.74. The van der Waals surface area contributed by atoms with Crippen LogP contribution in [0.3, 0.4) is 0 Å². The van der Waals surface area contributed by atoms with Gasteiger partial charge in [0.1, 0.15) is 28.3 Å². The number of carboxylic acid groups (broad SMARTS) is 1. The summed E-state index contributed by atoms with van der Waals surface area (Å²) in [6, 6.07) is 4.25. The highest BCUT2D eigenvalue weighted by Gasteiger charge is 2.16. The second-order valence-electron chi connectivity index (χ2n) is 4.72. The predicted molar refractivity (Wildman–Crippen MR) is 75.9 cm³/mol. The number of carboxylic acids is 1. The summed E-state index contributed by atoms with van der Waals surface area (Å²) < 4.78 is 13.4. The Kier molecular flexibility index (Phi) is 2.46. The highest BCUT2D eigenvalue weighted by atomic mass is 19.1. The van der Waals surface area contributed by atoms with Crippen molar-refractivity contribution < 1.29 is 14.3 Å². The molecular weight excluding hydrogens is 289 g/mol. The monoisotopic (exact) mass is 297 g/mol. The zero-order chi connectivity index (χ0) is 15.3. The van der Waals surface area contributed by atoms with E-state index in [0.717, 1.165) is 0 Å². The molecule has 8 heteroatoms. The van der Waals surface area contributed by atoms with Gasteiger partial charge in [0.25, 0.3) is 0 Å². The smallest absolute Gasteiger partial charge is 0.339 e. The first kappa shape index (κ1) is 12.5. The first-order chi connectivity index (χ1) is 10.6. The lowest BCUT2D eigenvalue weighted by molar-refractivity contribution is 0.0699. The van der Waals surface area contributed by atoms with Crippen LogP contribution in [0.1, 0.15) is 10.4 Å². The van der Waals surface area contributed by atoms with E-state index in [1.165, 1.54) is 24.5 Å². The van der Waals surface area contributed by atoms with Gasteiger partial charge >= 0.3 is 5.97 Å². The molecule has 0 saturated carbocycles. The second kappa shape index (κ2) is 4.35. The zero-order valence-corrected chi connectivity index (χ0v) is 11.0. The second-order valence-corrected chi connectivity index (χ2v) is 4.72. The Balaban J connectivity index is 1.98. The molecule has 0 aliphatic carbocycles. The number of benzene rings is 1. The molecule has 0 atom stereocenters. The van der Waals surface area contributed by atoms with Crippen LogP contribution in [0, 0.1) is 5.82 Å². The third-order valence-electron chi connectivity index (χ3n) is 3.38. The molecular formula is C14H8FN5O2. The van der Waals surface area contributed by atoms with Gasteiger partial charge in [0, 0.05) is 11.6 Å². The molecule has 0 spiro atoms. The van der Waals surface area contributed by atoms with E-state index in [1.807, 2.05) is 0 Å². The van der Waals surface area contributed by atoms with Gasteiger partial charge in [0.15, 0.2) is 5.65 Å². The quantitative estimate of drug-likeness (QED) is 0.526. The van der Waals surface area contributed by atoms with E-state index in [9.17, 15) is 9.18 Å². The standard InChI is InChI=1S/C14H8FN5O2/c15-6-1-2-9-7(3-6)11(20-19-9)10-5-17-13-12(18-10)8(4-16-13)14(21)22/h1-5H,(H,16,17)(H,19,20)(H,21,22). The van der Waals surface area contributed by atoms with Crippen molar-refractivity contribution in [2.75, 3.05) is 0 Å². The van der Waals surface area contributed by atoms with E-state index in [1.54, 1.807) is 6.07 Å². The molecule has 0 fully saturated rings. The Morgan fingerprint density at radius 2 is 2.18 bits per heavy atom. The topological polar surface area (TPSA) is 108 Å². The number of carbonyl (C=O) groups is 1. The van der Waals surface area contributed by atoms with Gasteiger partial charge < -0.3 is 10.1 Å². The lowest BCUT2D eigenvalue weighted by atomic mass is 10.1. The lowest BCUT2D eigenvalue weighted by Crippen LogP contribution is -1.96. The fourth-order valence-electron chi connectivity index (χ4n) is 2.35. The minimum atomic E-state index is -1.10. The minimum Gasteiger partial charge on any atom is -0.478 e. The zero-order valence-electron chi connectivity index (χ0n) is 11.0. The number of nitrogens with zero attached hydrogens (tertiary/aromatic N) is 3. The highest BCUT2D eigenvalue weighted by Crippen LogP contribution is 2.26. The maximum absolute atomic E-state index is 13.4. The van der Waals surface area contributed by atoms with Gasteiger partial charge in [-0.3, -0.25) is 5.10 Å². The number of H-pyrrole nitrogens is 2. The summed E-state index contributed by atoms with van der Waals surface area (Å²) in [6.45, 7) is 0.